The van der Waals surface area contributed by atoms with Crippen LogP contribution in [0.3, 0.4) is 0 Å². The number of nitrogens with zero attached hydrogens (tertiary/aromatic N) is 3. The number of pyridine rings is 2. The molecule has 0 unspecified atom stereocenters. The predicted octanol–water partition coefficient (Wildman–Crippen LogP) is 2.39. The third-order valence-corrected chi connectivity index (χ3v) is 6.05. The number of carbonyl (C=O) groups is 1. The Balaban J connectivity index is 1.83. The van der Waals surface area contributed by atoms with Crippen molar-refractivity contribution in [3.8, 4) is 5.75 Å². The molecule has 1 amide bonds. The third-order valence-electron chi connectivity index (χ3n) is 4.77. The number of phenolic OH excluding ortho intramolecular Hbond substituents is 1. The Morgan fingerprint density at radius 2 is 2.07 bits per heavy atom. The number of hydrogen-bond donors (Lipinski definition) is 2. The number of rotatable bonds is 5. The third kappa shape index (κ3) is 3.35. The fraction of sp³-hybridized carbons (Fsp3) is 0.211. The summed E-state index contributed by atoms with van der Waals surface area (Å²) in [7, 11) is -3.64. The highest BCUT2D eigenvalue weighted by Crippen LogP contribution is 2.42. The number of hydrogen-bond acceptors (Lipinski definition) is 6. The number of sulfonamides is 1. The molecule has 0 spiro atoms. The summed E-state index contributed by atoms with van der Waals surface area (Å²) in [6.07, 6.45) is 2.51. The smallest absolute Gasteiger partial charge is 0.258 e. The maximum atomic E-state index is 13.1. The Bertz CT molecular complexity index is 1230. The minimum atomic E-state index is -3.64. The van der Waals surface area contributed by atoms with E-state index in [2.05, 4.69) is 14.7 Å². The van der Waals surface area contributed by atoms with Gasteiger partial charge in [0.2, 0.25) is 10.0 Å². The van der Waals surface area contributed by atoms with Gasteiger partial charge < -0.3 is 10.0 Å². The Hall–Kier alpha value is -3.27. The molecule has 3 heterocycles. The molecule has 0 saturated heterocycles. The van der Waals surface area contributed by atoms with Gasteiger partial charge in [0.1, 0.15) is 11.3 Å². The zero-order chi connectivity index (χ0) is 20.8. The van der Waals surface area contributed by atoms with Gasteiger partial charge in [0.05, 0.1) is 35.4 Å². The van der Waals surface area contributed by atoms with Gasteiger partial charge in [0, 0.05) is 23.7 Å². The molecule has 1 aromatic carbocycles. The van der Waals surface area contributed by atoms with Crippen LogP contribution < -0.4 is 4.72 Å². The highest BCUT2D eigenvalue weighted by molar-refractivity contribution is 7.92. The number of halogens is 1. The van der Waals surface area contributed by atoms with Crippen LogP contribution in [-0.4, -0.2) is 40.1 Å². The summed E-state index contributed by atoms with van der Waals surface area (Å²) in [6.45, 7) is 1.64. The van der Waals surface area contributed by atoms with Crippen molar-refractivity contribution in [2.24, 2.45) is 0 Å². The predicted molar refractivity (Wildman–Crippen MR) is 104 cm³/mol. The fourth-order valence-corrected chi connectivity index (χ4v) is 4.01. The van der Waals surface area contributed by atoms with Gasteiger partial charge in [-0.1, -0.05) is 0 Å². The molecule has 0 atom stereocenters. The highest BCUT2D eigenvalue weighted by Gasteiger charge is 2.35. The maximum absolute atomic E-state index is 13.1. The molecule has 0 bridgehead atoms. The molecule has 1 aliphatic heterocycles. The van der Waals surface area contributed by atoms with E-state index in [-0.39, 0.29) is 41.4 Å². The second-order valence-electron chi connectivity index (χ2n) is 6.61. The number of aromatic hydroxyl groups is 1. The van der Waals surface area contributed by atoms with Crippen molar-refractivity contribution in [1.82, 2.24) is 14.9 Å². The van der Waals surface area contributed by atoms with Crippen LogP contribution in [0.15, 0.2) is 36.7 Å². The first-order chi connectivity index (χ1) is 13.8. The van der Waals surface area contributed by atoms with E-state index >= 15 is 0 Å². The van der Waals surface area contributed by atoms with E-state index in [9.17, 15) is 22.7 Å². The van der Waals surface area contributed by atoms with Gasteiger partial charge in [-0.2, -0.15) is 0 Å². The van der Waals surface area contributed by atoms with Crippen LogP contribution in [-0.2, 0) is 23.1 Å². The van der Waals surface area contributed by atoms with Gasteiger partial charge in [-0.25, -0.2) is 12.8 Å². The van der Waals surface area contributed by atoms with Gasteiger partial charge in [-0.15, -0.1) is 0 Å². The van der Waals surface area contributed by atoms with Crippen molar-refractivity contribution < 1.29 is 22.7 Å². The number of carbonyl (C=O) groups excluding carboxylic acids is 1. The number of fused-ring (bicyclic) bond motifs is 2. The summed E-state index contributed by atoms with van der Waals surface area (Å²) in [5, 5.41) is 11.1. The lowest BCUT2D eigenvalue weighted by molar-refractivity contribution is 0.0762. The van der Waals surface area contributed by atoms with Crippen LogP contribution in [0.25, 0.3) is 10.9 Å². The Kier molecular flexibility index (Phi) is 4.58. The summed E-state index contributed by atoms with van der Waals surface area (Å²) < 4.78 is 40.1. The molecular formula is C19H17FN4O4S. The lowest BCUT2D eigenvalue weighted by Crippen LogP contribution is -2.23. The van der Waals surface area contributed by atoms with Gasteiger partial charge in [-0.05, 0) is 31.2 Å². The second kappa shape index (κ2) is 6.96. The molecule has 10 heteroatoms. The minimum absolute atomic E-state index is 0.00659. The van der Waals surface area contributed by atoms with E-state index in [0.29, 0.717) is 16.6 Å². The molecule has 0 radical (unpaired) electrons. The molecule has 8 nitrogen and oxygen atoms in total. The zero-order valence-corrected chi connectivity index (χ0v) is 16.2. The van der Waals surface area contributed by atoms with Crippen LogP contribution >= 0.6 is 0 Å². The molecule has 2 N–H and O–H groups in total. The number of aromatic nitrogens is 2. The summed E-state index contributed by atoms with van der Waals surface area (Å²) in [5.41, 5.74) is 1.20. The molecule has 0 aliphatic carbocycles. The number of nitrogens with one attached hydrogen (secondary N) is 1. The van der Waals surface area contributed by atoms with Crippen LogP contribution in [0.4, 0.5) is 10.1 Å². The first-order valence-corrected chi connectivity index (χ1v) is 10.5. The Morgan fingerprint density at radius 3 is 2.76 bits per heavy atom. The Morgan fingerprint density at radius 1 is 1.28 bits per heavy atom. The van der Waals surface area contributed by atoms with Gasteiger partial charge in [-0.3, -0.25) is 19.5 Å². The van der Waals surface area contributed by atoms with Gasteiger partial charge >= 0.3 is 0 Å². The van der Waals surface area contributed by atoms with Crippen LogP contribution in [0, 0.1) is 5.82 Å². The van der Waals surface area contributed by atoms with E-state index in [4.69, 9.17) is 0 Å². The van der Waals surface area contributed by atoms with Crippen molar-refractivity contribution in [3.63, 3.8) is 0 Å². The normalized spacial score (nSPS) is 13.7. The first-order valence-electron chi connectivity index (χ1n) is 8.83. The van der Waals surface area contributed by atoms with Crippen molar-refractivity contribution >= 4 is 32.5 Å². The van der Waals surface area contributed by atoms with E-state index < -0.39 is 21.7 Å². The molecule has 3 aromatic rings. The zero-order valence-electron chi connectivity index (χ0n) is 15.4. The van der Waals surface area contributed by atoms with Crippen LogP contribution in [0.5, 0.6) is 5.75 Å². The number of benzene rings is 1. The molecule has 150 valence electrons. The average molecular weight is 416 g/mol. The van der Waals surface area contributed by atoms with Crippen molar-refractivity contribution in [2.75, 3.05) is 10.5 Å². The second-order valence-corrected chi connectivity index (χ2v) is 8.62. The van der Waals surface area contributed by atoms with Gasteiger partial charge in [0.25, 0.3) is 5.91 Å². The van der Waals surface area contributed by atoms with E-state index in [1.54, 1.807) is 12.1 Å². The topological polar surface area (TPSA) is 112 Å². The van der Waals surface area contributed by atoms with Crippen molar-refractivity contribution in [2.45, 2.75) is 20.0 Å². The molecule has 0 saturated carbocycles. The molecule has 4 rings (SSSR count). The lowest BCUT2D eigenvalue weighted by Gasteiger charge is -2.16. The lowest BCUT2D eigenvalue weighted by atomic mass is 10.0. The quantitative estimate of drug-likeness (QED) is 0.618. The maximum Gasteiger partial charge on any atom is 0.258 e. The van der Waals surface area contributed by atoms with E-state index in [1.807, 2.05) is 0 Å². The van der Waals surface area contributed by atoms with Crippen LogP contribution in [0.1, 0.15) is 28.5 Å². The monoisotopic (exact) mass is 416 g/mol. The number of amides is 1. The van der Waals surface area contributed by atoms with Gasteiger partial charge in [0.15, 0.2) is 5.75 Å². The summed E-state index contributed by atoms with van der Waals surface area (Å²) >= 11 is 0. The summed E-state index contributed by atoms with van der Waals surface area (Å²) in [4.78, 5) is 22.5. The average Bonchev–Trinajstić information content (AvgIpc) is 3.03. The molecular weight excluding hydrogens is 399 g/mol. The number of phenols is 1. The first kappa shape index (κ1) is 19.1. The van der Waals surface area contributed by atoms with Crippen molar-refractivity contribution in [1.29, 1.82) is 0 Å². The van der Waals surface area contributed by atoms with E-state index in [0.717, 1.165) is 6.20 Å². The molecule has 2 aromatic heterocycles. The molecule has 29 heavy (non-hydrogen) atoms. The van der Waals surface area contributed by atoms with E-state index in [1.165, 1.54) is 30.2 Å². The van der Waals surface area contributed by atoms with Crippen LogP contribution in [0.2, 0.25) is 0 Å². The summed E-state index contributed by atoms with van der Waals surface area (Å²) in [5.74, 6) is -1.42. The number of anilines is 1. The largest absolute Gasteiger partial charge is 0.505 e. The standard InChI is InChI=1S/C19H17FN4O4S/c1-2-29(27,28)23-16-13-4-3-7-21-17(13)18(25)15-14(16)10-24(19(15)26)9-12-6-5-11(20)8-22-12/h3-8,23,25H,2,9-10H2,1H3. The molecule has 0 fully saturated rings. The molecule has 1 aliphatic rings. The fourth-order valence-electron chi connectivity index (χ4n) is 3.32. The highest BCUT2D eigenvalue weighted by atomic mass is 32.2. The Labute approximate surface area is 166 Å². The van der Waals surface area contributed by atoms with Crippen molar-refractivity contribution in [3.05, 3.63) is 59.3 Å². The SMILES string of the molecule is CCS(=O)(=O)Nc1c2c(c(O)c3ncccc13)C(=O)N(Cc1ccc(F)cn1)C2. The summed E-state index contributed by atoms with van der Waals surface area (Å²) in [6, 6.07) is 5.95. The minimum Gasteiger partial charge on any atom is -0.505 e.